The Labute approximate surface area is 114 Å². The van der Waals surface area contributed by atoms with E-state index < -0.39 is 8.07 Å². The number of hydrogen-bond donors (Lipinski definition) is 0. The predicted octanol–water partition coefficient (Wildman–Crippen LogP) is 4.64. The Kier molecular flexibility index (Phi) is 4.63. The summed E-state index contributed by atoms with van der Waals surface area (Å²) in [6.07, 6.45) is 0. The molecule has 16 heavy (non-hydrogen) atoms. The lowest BCUT2D eigenvalue weighted by molar-refractivity contribution is 0.865. The summed E-state index contributed by atoms with van der Waals surface area (Å²) in [5, 5.41) is 0. The summed E-state index contributed by atoms with van der Waals surface area (Å²) < 4.78 is 1.26. The molecular weight excluding hydrogens is 323 g/mol. The summed E-state index contributed by atoms with van der Waals surface area (Å²) in [5.74, 6) is 3.93. The molecule has 0 aromatic heterocycles. The summed E-state index contributed by atoms with van der Waals surface area (Å²) in [4.78, 5) is 0. The van der Waals surface area contributed by atoms with Gasteiger partial charge in [0.25, 0.3) is 0 Å². The van der Waals surface area contributed by atoms with Gasteiger partial charge in [-0.3, -0.25) is 0 Å². The first-order chi connectivity index (χ1) is 7.29. The van der Waals surface area contributed by atoms with Crippen LogP contribution in [0.2, 0.25) is 19.6 Å². The van der Waals surface area contributed by atoms with Gasteiger partial charge in [0.1, 0.15) is 8.07 Å². The van der Waals surface area contributed by atoms with Gasteiger partial charge in [0.15, 0.2) is 0 Å². The molecule has 0 aliphatic heterocycles. The molecule has 2 heteroatoms. The maximum atomic E-state index is 3.43. The van der Waals surface area contributed by atoms with Crippen molar-refractivity contribution < 1.29 is 0 Å². The summed E-state index contributed by atoms with van der Waals surface area (Å²) >= 11 is 2.36. The van der Waals surface area contributed by atoms with E-state index in [4.69, 9.17) is 0 Å². The van der Waals surface area contributed by atoms with Crippen LogP contribution in [0.15, 0.2) is 18.2 Å². The Bertz CT molecular complexity index is 430. The van der Waals surface area contributed by atoms with Crippen LogP contribution < -0.4 is 0 Å². The number of rotatable bonds is 1. The van der Waals surface area contributed by atoms with Crippen molar-refractivity contribution in [1.29, 1.82) is 0 Å². The lowest BCUT2D eigenvalue weighted by Crippen LogP contribution is -2.16. The van der Waals surface area contributed by atoms with Gasteiger partial charge >= 0.3 is 0 Å². The molecule has 1 rings (SSSR count). The highest BCUT2D eigenvalue weighted by molar-refractivity contribution is 14.1. The van der Waals surface area contributed by atoms with Crippen molar-refractivity contribution in [3.8, 4) is 11.5 Å². The van der Waals surface area contributed by atoms with Gasteiger partial charge in [-0.1, -0.05) is 45.5 Å². The van der Waals surface area contributed by atoms with Gasteiger partial charge in [0.2, 0.25) is 0 Å². The van der Waals surface area contributed by atoms with E-state index in [-0.39, 0.29) is 0 Å². The Hall–Kier alpha value is -0.273. The number of hydrogen-bond acceptors (Lipinski definition) is 0. The average molecular weight is 342 g/mol. The second-order valence-corrected chi connectivity index (χ2v) is 11.3. The maximum Gasteiger partial charge on any atom is 0.129 e. The van der Waals surface area contributed by atoms with Gasteiger partial charge in [-0.05, 0) is 46.2 Å². The fourth-order valence-electron chi connectivity index (χ4n) is 1.25. The first-order valence-corrected chi connectivity index (χ1v) is 10.2. The summed E-state index contributed by atoms with van der Waals surface area (Å²) in [6, 6.07) is 6.61. The van der Waals surface area contributed by atoms with Crippen LogP contribution in [0.25, 0.3) is 0 Å². The second-order valence-electron chi connectivity index (χ2n) is 5.39. The minimum absolute atomic E-state index is 0.574. The van der Waals surface area contributed by atoms with Crippen LogP contribution in [0.3, 0.4) is 0 Å². The molecule has 0 fully saturated rings. The van der Waals surface area contributed by atoms with Gasteiger partial charge in [0.05, 0.1) is 0 Å². The number of benzene rings is 1. The van der Waals surface area contributed by atoms with Crippen molar-refractivity contribution in [2.45, 2.75) is 39.4 Å². The molecule has 0 heterocycles. The highest BCUT2D eigenvalue weighted by atomic mass is 127. The topological polar surface area (TPSA) is 0 Å². The summed E-state index contributed by atoms with van der Waals surface area (Å²) in [5.41, 5.74) is 5.99. The first-order valence-electron chi connectivity index (χ1n) is 5.62. The van der Waals surface area contributed by atoms with E-state index in [1.165, 1.54) is 14.7 Å². The van der Waals surface area contributed by atoms with Crippen molar-refractivity contribution in [2.75, 3.05) is 0 Å². The normalized spacial score (nSPS) is 11.2. The van der Waals surface area contributed by atoms with E-state index in [0.717, 1.165) is 0 Å². The van der Waals surface area contributed by atoms with Crippen LogP contribution in [-0.2, 0) is 0 Å². The Morgan fingerprint density at radius 3 is 2.31 bits per heavy atom. The molecule has 0 saturated carbocycles. The Morgan fingerprint density at radius 2 is 1.81 bits per heavy atom. The zero-order valence-corrected chi connectivity index (χ0v) is 13.8. The van der Waals surface area contributed by atoms with Crippen LogP contribution in [0.4, 0.5) is 0 Å². The molecule has 0 aliphatic carbocycles. The third kappa shape index (κ3) is 4.30. The Balaban J connectivity index is 3.12. The molecule has 0 nitrogen and oxygen atoms in total. The summed E-state index contributed by atoms with van der Waals surface area (Å²) in [7, 11) is -1.27. The van der Waals surface area contributed by atoms with Crippen molar-refractivity contribution >= 4 is 30.7 Å². The van der Waals surface area contributed by atoms with Gasteiger partial charge < -0.3 is 0 Å². The molecule has 0 unspecified atom stereocenters. The number of halogens is 1. The zero-order chi connectivity index (χ0) is 12.3. The molecule has 0 radical (unpaired) electrons. The SMILES string of the molecule is CC(C)c1ccc(I)c(C#C[Si](C)(C)C)c1. The van der Waals surface area contributed by atoms with Crippen molar-refractivity contribution in [1.82, 2.24) is 0 Å². The van der Waals surface area contributed by atoms with Gasteiger partial charge in [0, 0.05) is 9.13 Å². The zero-order valence-electron chi connectivity index (χ0n) is 10.7. The molecule has 0 bridgehead atoms. The van der Waals surface area contributed by atoms with Crippen LogP contribution in [-0.4, -0.2) is 8.07 Å². The molecule has 1 aromatic carbocycles. The Morgan fingerprint density at radius 1 is 1.19 bits per heavy atom. The third-order valence-electron chi connectivity index (χ3n) is 2.23. The fraction of sp³-hybridized carbons (Fsp3) is 0.429. The molecule has 0 atom stereocenters. The van der Waals surface area contributed by atoms with E-state index in [9.17, 15) is 0 Å². The minimum atomic E-state index is -1.27. The van der Waals surface area contributed by atoms with Crippen LogP contribution in [0.1, 0.15) is 30.9 Å². The summed E-state index contributed by atoms with van der Waals surface area (Å²) in [6.45, 7) is 11.3. The first kappa shape index (κ1) is 13.8. The van der Waals surface area contributed by atoms with Gasteiger partial charge in [-0.2, -0.15) is 0 Å². The standard InChI is InChI=1S/C14H19ISi/c1-11(2)12-6-7-14(15)13(10-12)8-9-16(3,4)5/h6-7,10-11H,1-5H3. The van der Waals surface area contributed by atoms with E-state index in [1.807, 2.05) is 0 Å². The van der Waals surface area contributed by atoms with E-state index in [1.54, 1.807) is 0 Å². The highest BCUT2D eigenvalue weighted by Crippen LogP contribution is 2.19. The maximum absolute atomic E-state index is 3.43. The quantitative estimate of drug-likeness (QED) is 0.396. The lowest BCUT2D eigenvalue weighted by Gasteiger charge is -2.08. The molecule has 0 spiro atoms. The monoisotopic (exact) mass is 342 g/mol. The average Bonchev–Trinajstić information content (AvgIpc) is 2.14. The third-order valence-corrected chi connectivity index (χ3v) is 4.04. The fourth-order valence-corrected chi connectivity index (χ4v) is 2.23. The smallest absolute Gasteiger partial charge is 0.127 e. The molecule has 1 aromatic rings. The minimum Gasteiger partial charge on any atom is -0.127 e. The second kappa shape index (κ2) is 5.37. The molecular formula is C14H19ISi. The molecule has 0 saturated heterocycles. The van der Waals surface area contributed by atoms with Crippen molar-refractivity contribution in [3.05, 3.63) is 32.9 Å². The predicted molar refractivity (Wildman–Crippen MR) is 83.5 cm³/mol. The van der Waals surface area contributed by atoms with Crippen LogP contribution in [0.5, 0.6) is 0 Å². The molecule has 0 N–H and O–H groups in total. The van der Waals surface area contributed by atoms with E-state index >= 15 is 0 Å². The van der Waals surface area contributed by atoms with E-state index in [2.05, 4.69) is 85.7 Å². The van der Waals surface area contributed by atoms with Gasteiger partial charge in [-0.15, -0.1) is 5.54 Å². The molecule has 0 aliphatic rings. The highest BCUT2D eigenvalue weighted by Gasteiger charge is 2.08. The van der Waals surface area contributed by atoms with E-state index in [0.29, 0.717) is 5.92 Å². The van der Waals surface area contributed by atoms with Crippen molar-refractivity contribution in [2.24, 2.45) is 0 Å². The molecule has 0 amide bonds. The van der Waals surface area contributed by atoms with Crippen LogP contribution in [0, 0.1) is 15.0 Å². The van der Waals surface area contributed by atoms with Crippen molar-refractivity contribution in [3.63, 3.8) is 0 Å². The lowest BCUT2D eigenvalue weighted by atomic mass is 10.0. The van der Waals surface area contributed by atoms with Gasteiger partial charge in [-0.25, -0.2) is 0 Å². The van der Waals surface area contributed by atoms with Crippen LogP contribution >= 0.6 is 22.6 Å². The molecule has 86 valence electrons. The largest absolute Gasteiger partial charge is 0.129 e.